The Morgan fingerprint density at radius 3 is 2.54 bits per heavy atom. The molecule has 35 heavy (non-hydrogen) atoms. The largest absolute Gasteiger partial charge is 0.573 e. The maximum Gasteiger partial charge on any atom is 0.573 e. The molecule has 0 aliphatic carbocycles. The first-order valence-corrected chi connectivity index (χ1v) is 11.0. The van der Waals surface area contributed by atoms with Crippen molar-refractivity contribution in [3.63, 3.8) is 0 Å². The molecule has 12 heteroatoms. The number of carbonyl (C=O) groups excluding carboxylic acids is 2. The smallest absolute Gasteiger partial charge is 0.465 e. The van der Waals surface area contributed by atoms with E-state index < -0.39 is 36.1 Å². The van der Waals surface area contributed by atoms with Crippen molar-refractivity contribution in [3.8, 4) is 16.9 Å². The number of hydrogen-bond acceptors (Lipinski definition) is 4. The minimum atomic E-state index is -4.88. The zero-order valence-corrected chi connectivity index (χ0v) is 19.4. The number of anilines is 1. The van der Waals surface area contributed by atoms with E-state index in [9.17, 15) is 27.6 Å². The topological polar surface area (TPSA) is 99.2 Å². The van der Waals surface area contributed by atoms with Gasteiger partial charge in [0, 0.05) is 30.4 Å². The summed E-state index contributed by atoms with van der Waals surface area (Å²) < 4.78 is 42.4. The molecule has 3 rings (SSSR count). The fourth-order valence-corrected chi connectivity index (χ4v) is 4.09. The second-order valence-electron chi connectivity index (χ2n) is 7.97. The highest BCUT2D eigenvalue weighted by Crippen LogP contribution is 2.38. The van der Waals surface area contributed by atoms with Gasteiger partial charge in [0.15, 0.2) is 0 Å². The van der Waals surface area contributed by atoms with Crippen molar-refractivity contribution in [2.75, 3.05) is 25.5 Å². The monoisotopic (exact) mass is 513 g/mol. The van der Waals surface area contributed by atoms with Gasteiger partial charge in [0.2, 0.25) is 11.8 Å². The van der Waals surface area contributed by atoms with E-state index >= 15 is 0 Å². The van der Waals surface area contributed by atoms with Crippen LogP contribution in [0.15, 0.2) is 42.5 Å². The van der Waals surface area contributed by atoms with Gasteiger partial charge in [0.1, 0.15) is 18.3 Å². The van der Waals surface area contributed by atoms with E-state index in [1.54, 1.807) is 6.07 Å². The van der Waals surface area contributed by atoms with Crippen molar-refractivity contribution >= 4 is 35.2 Å². The summed E-state index contributed by atoms with van der Waals surface area (Å²) >= 11 is 6.33. The fourth-order valence-electron chi connectivity index (χ4n) is 3.80. The number of para-hydroxylation sites is 1. The van der Waals surface area contributed by atoms with Gasteiger partial charge in [-0.2, -0.15) is 0 Å². The Kier molecular flexibility index (Phi) is 8.11. The van der Waals surface area contributed by atoms with Gasteiger partial charge in [-0.05, 0) is 37.5 Å². The van der Waals surface area contributed by atoms with Crippen LogP contribution in [0.2, 0.25) is 5.02 Å². The lowest BCUT2D eigenvalue weighted by Crippen LogP contribution is -2.52. The van der Waals surface area contributed by atoms with Crippen LogP contribution in [-0.4, -0.2) is 65.4 Å². The highest BCUT2D eigenvalue weighted by molar-refractivity contribution is 6.33. The Bertz CT molecular complexity index is 1110. The molecule has 188 valence electrons. The molecule has 1 unspecified atom stereocenters. The van der Waals surface area contributed by atoms with Gasteiger partial charge < -0.3 is 25.0 Å². The van der Waals surface area contributed by atoms with Crippen molar-refractivity contribution in [2.45, 2.75) is 31.7 Å². The average Bonchev–Trinajstić information content (AvgIpc) is 2.78. The second kappa shape index (κ2) is 10.9. The summed E-state index contributed by atoms with van der Waals surface area (Å²) in [5.41, 5.74) is 0.689. The van der Waals surface area contributed by atoms with Gasteiger partial charge in [-0.1, -0.05) is 35.9 Å². The van der Waals surface area contributed by atoms with Crippen LogP contribution < -0.4 is 10.1 Å². The number of carboxylic acid groups (broad SMARTS) is 1. The molecular weight excluding hydrogens is 491 g/mol. The van der Waals surface area contributed by atoms with Gasteiger partial charge in [0.05, 0.1) is 5.02 Å². The van der Waals surface area contributed by atoms with Crippen LogP contribution in [-0.2, 0) is 9.59 Å². The molecule has 1 heterocycles. The lowest BCUT2D eigenvalue weighted by molar-refractivity contribution is -0.274. The molecule has 2 aromatic carbocycles. The van der Waals surface area contributed by atoms with E-state index in [0.717, 1.165) is 4.90 Å². The number of amides is 3. The van der Waals surface area contributed by atoms with E-state index in [1.165, 1.54) is 48.3 Å². The lowest BCUT2D eigenvalue weighted by atomic mass is 10.0. The van der Waals surface area contributed by atoms with Crippen molar-refractivity contribution < 1.29 is 37.4 Å². The molecule has 0 saturated carbocycles. The third-order valence-electron chi connectivity index (χ3n) is 5.46. The van der Waals surface area contributed by atoms with Crippen LogP contribution in [0.5, 0.6) is 5.75 Å². The summed E-state index contributed by atoms with van der Waals surface area (Å²) in [5.74, 6) is -1.37. The van der Waals surface area contributed by atoms with E-state index in [0.29, 0.717) is 31.5 Å². The number of nitrogens with zero attached hydrogens (tertiary/aromatic N) is 2. The van der Waals surface area contributed by atoms with Crippen molar-refractivity contribution in [1.82, 2.24) is 9.80 Å². The Morgan fingerprint density at radius 1 is 1.17 bits per heavy atom. The van der Waals surface area contributed by atoms with Crippen LogP contribution in [0.25, 0.3) is 11.1 Å². The molecule has 1 saturated heterocycles. The first kappa shape index (κ1) is 26.1. The quantitative estimate of drug-likeness (QED) is 0.576. The summed E-state index contributed by atoms with van der Waals surface area (Å²) in [7, 11) is 1.26. The first-order valence-electron chi connectivity index (χ1n) is 10.7. The molecule has 1 fully saturated rings. The number of benzene rings is 2. The highest BCUT2D eigenvalue weighted by atomic mass is 35.5. The van der Waals surface area contributed by atoms with Crippen LogP contribution >= 0.6 is 11.6 Å². The average molecular weight is 514 g/mol. The maximum absolute atomic E-state index is 13.0. The van der Waals surface area contributed by atoms with Crippen LogP contribution in [0.3, 0.4) is 0 Å². The fraction of sp³-hybridized carbons (Fsp3) is 0.348. The number of nitrogens with one attached hydrogen (secondary N) is 1. The Labute approximate surface area is 204 Å². The van der Waals surface area contributed by atoms with Crippen molar-refractivity contribution in [3.05, 3.63) is 47.5 Å². The third kappa shape index (κ3) is 6.78. The van der Waals surface area contributed by atoms with Gasteiger partial charge >= 0.3 is 12.5 Å². The highest BCUT2D eigenvalue weighted by Gasteiger charge is 2.34. The van der Waals surface area contributed by atoms with E-state index in [2.05, 4.69) is 10.1 Å². The van der Waals surface area contributed by atoms with E-state index in [4.69, 9.17) is 16.7 Å². The number of halogens is 4. The molecule has 3 amide bonds. The molecule has 8 nitrogen and oxygen atoms in total. The minimum absolute atomic E-state index is 0.0840. The van der Waals surface area contributed by atoms with Crippen molar-refractivity contribution in [2.24, 2.45) is 0 Å². The normalized spacial score (nSPS) is 15.9. The number of likely N-dealkylation sites (tertiary alicyclic amines) is 1. The van der Waals surface area contributed by atoms with Gasteiger partial charge in [-0.15, -0.1) is 13.2 Å². The zero-order chi connectivity index (χ0) is 25.8. The van der Waals surface area contributed by atoms with Crippen LogP contribution in [0.4, 0.5) is 23.7 Å². The lowest BCUT2D eigenvalue weighted by Gasteiger charge is -2.35. The number of carbonyl (C=O) groups is 3. The summed E-state index contributed by atoms with van der Waals surface area (Å²) in [6.07, 6.45) is -4.33. The number of piperidine rings is 1. The number of likely N-dealkylation sites (N-methyl/N-ethyl adjacent to an activating group) is 1. The Morgan fingerprint density at radius 2 is 1.89 bits per heavy atom. The molecule has 0 radical (unpaired) electrons. The third-order valence-corrected chi connectivity index (χ3v) is 5.78. The zero-order valence-electron chi connectivity index (χ0n) is 18.6. The maximum atomic E-state index is 13.0. The molecule has 0 spiro atoms. The molecule has 2 N–H and O–H groups in total. The van der Waals surface area contributed by atoms with Crippen LogP contribution in [0, 0.1) is 0 Å². The molecule has 1 aliphatic heterocycles. The standard InChI is InChI=1S/C23H23ClF3N3O5/c1-29(22(33)34)13-20(31)30-11-5-4-7-18(30)21(32)28-14-9-10-15(17(24)12-14)16-6-2-3-8-19(16)35-23(25,26)27/h2-3,6,8-10,12,18H,4-5,7,11,13H2,1H3,(H,28,32)(H,33,34). The molecule has 1 aliphatic rings. The second-order valence-corrected chi connectivity index (χ2v) is 8.37. The summed E-state index contributed by atoms with van der Waals surface area (Å²) in [4.78, 5) is 38.8. The molecule has 1 atom stereocenters. The predicted molar refractivity (Wildman–Crippen MR) is 122 cm³/mol. The van der Waals surface area contributed by atoms with Crippen LogP contribution in [0.1, 0.15) is 19.3 Å². The minimum Gasteiger partial charge on any atom is -0.465 e. The number of alkyl halides is 3. The molecule has 0 aromatic heterocycles. The SMILES string of the molecule is CN(CC(=O)N1CCCCC1C(=O)Nc1ccc(-c2ccccc2OC(F)(F)F)c(Cl)c1)C(=O)O. The summed E-state index contributed by atoms with van der Waals surface area (Å²) in [6, 6.07) is 9.09. The molecule has 0 bridgehead atoms. The van der Waals surface area contributed by atoms with Gasteiger partial charge in [-0.25, -0.2) is 4.79 Å². The summed E-state index contributed by atoms with van der Waals surface area (Å²) in [6.45, 7) is -0.0564. The number of rotatable bonds is 6. The van der Waals surface area contributed by atoms with Gasteiger partial charge in [0.25, 0.3) is 0 Å². The van der Waals surface area contributed by atoms with E-state index in [1.807, 2.05) is 0 Å². The van der Waals surface area contributed by atoms with Crippen molar-refractivity contribution in [1.29, 1.82) is 0 Å². The predicted octanol–water partition coefficient (Wildman–Crippen LogP) is 4.84. The molecular formula is C23H23ClF3N3O5. The van der Waals surface area contributed by atoms with Gasteiger partial charge in [-0.3, -0.25) is 9.59 Å². The first-order chi connectivity index (χ1) is 16.5. The number of ether oxygens (including phenoxy) is 1. The molecule has 2 aromatic rings. The Hall–Kier alpha value is -3.47. The number of hydrogen-bond donors (Lipinski definition) is 2. The summed E-state index contributed by atoms with van der Waals surface area (Å²) in [5, 5.41) is 11.8. The van der Waals surface area contributed by atoms with E-state index in [-0.39, 0.29) is 22.7 Å². The Balaban J connectivity index is 1.77.